The second kappa shape index (κ2) is 5.60. The van der Waals surface area contributed by atoms with Crippen LogP contribution < -0.4 is 4.74 Å². The van der Waals surface area contributed by atoms with Crippen molar-refractivity contribution in [3.8, 4) is 5.88 Å². The number of halogens is 1. The van der Waals surface area contributed by atoms with Gasteiger partial charge in [-0.1, -0.05) is 37.6 Å². The summed E-state index contributed by atoms with van der Waals surface area (Å²) in [6.07, 6.45) is 4.88. The Hall–Kier alpha value is -1.09. The molecule has 0 aliphatic rings. The molecule has 0 amide bonds. The Morgan fingerprint density at radius 3 is 3.00 bits per heavy atom. The van der Waals surface area contributed by atoms with Crippen LogP contribution in [0.3, 0.4) is 0 Å². The summed E-state index contributed by atoms with van der Waals surface area (Å²) in [5.74, 6) is 0.562. The number of hydrogen-bond acceptors (Lipinski definition) is 3. The summed E-state index contributed by atoms with van der Waals surface area (Å²) < 4.78 is 5.37. The first-order valence-corrected chi connectivity index (χ1v) is 4.90. The van der Waals surface area contributed by atoms with Crippen LogP contribution in [0.5, 0.6) is 5.88 Å². The molecule has 0 fully saturated rings. The molecule has 1 rings (SSSR count). The highest BCUT2D eigenvalue weighted by Gasteiger charge is 2.09. The van der Waals surface area contributed by atoms with Crippen LogP contribution in [0.15, 0.2) is 19.0 Å². The molecule has 0 N–H and O–H groups in total. The van der Waals surface area contributed by atoms with Crippen molar-refractivity contribution in [1.29, 1.82) is 0 Å². The van der Waals surface area contributed by atoms with Gasteiger partial charge in [0, 0.05) is 0 Å². The highest BCUT2D eigenvalue weighted by Crippen LogP contribution is 2.23. The van der Waals surface area contributed by atoms with Gasteiger partial charge in [-0.3, -0.25) is 0 Å². The maximum Gasteiger partial charge on any atom is 0.221 e. The lowest BCUT2D eigenvalue weighted by Crippen LogP contribution is -2.01. The van der Waals surface area contributed by atoms with Gasteiger partial charge in [0.15, 0.2) is 0 Å². The summed E-state index contributed by atoms with van der Waals surface area (Å²) in [5.41, 5.74) is 0.874. The molecule has 0 saturated heterocycles. The topological polar surface area (TPSA) is 35.0 Å². The lowest BCUT2D eigenvalue weighted by Gasteiger charge is -2.08. The molecule has 1 heterocycles. The minimum atomic E-state index is 0.435. The molecule has 0 unspecified atom stereocenters. The zero-order chi connectivity index (χ0) is 10.4. The summed E-state index contributed by atoms with van der Waals surface area (Å²) in [6.45, 7) is 6.08. The highest BCUT2D eigenvalue weighted by atomic mass is 35.5. The number of aromatic nitrogens is 2. The molecule has 4 heteroatoms. The van der Waals surface area contributed by atoms with Gasteiger partial charge in [-0.2, -0.15) is 0 Å². The van der Waals surface area contributed by atoms with Crippen molar-refractivity contribution in [2.75, 3.05) is 6.61 Å². The van der Waals surface area contributed by atoms with Crippen LogP contribution in [0.4, 0.5) is 0 Å². The molecule has 3 nitrogen and oxygen atoms in total. The summed E-state index contributed by atoms with van der Waals surface area (Å²) in [5, 5.41) is 0.473. The van der Waals surface area contributed by atoms with E-state index in [4.69, 9.17) is 16.3 Å². The van der Waals surface area contributed by atoms with Gasteiger partial charge < -0.3 is 4.74 Å². The van der Waals surface area contributed by atoms with Crippen LogP contribution in [-0.2, 0) is 6.42 Å². The van der Waals surface area contributed by atoms with Crippen LogP contribution in [0.2, 0.25) is 5.15 Å². The van der Waals surface area contributed by atoms with Crippen molar-refractivity contribution in [3.63, 3.8) is 0 Å². The number of ether oxygens (including phenoxy) is 1. The Balaban J connectivity index is 2.89. The van der Waals surface area contributed by atoms with Crippen molar-refractivity contribution < 1.29 is 4.74 Å². The van der Waals surface area contributed by atoms with Crippen molar-refractivity contribution >= 4 is 11.6 Å². The predicted octanol–water partition coefficient (Wildman–Crippen LogP) is 2.65. The fourth-order valence-corrected chi connectivity index (χ4v) is 1.32. The molecular formula is C10H13ClN2O. The normalized spacial score (nSPS) is 9.86. The molecule has 14 heavy (non-hydrogen) atoms. The van der Waals surface area contributed by atoms with Crippen molar-refractivity contribution in [2.24, 2.45) is 0 Å². The van der Waals surface area contributed by atoms with Crippen LogP contribution in [0, 0.1) is 0 Å². The SMILES string of the molecule is C=CCOc1ncnc(Cl)c1CCC. The predicted molar refractivity (Wildman–Crippen MR) is 56.7 cm³/mol. The van der Waals surface area contributed by atoms with E-state index in [1.807, 2.05) is 0 Å². The van der Waals surface area contributed by atoms with Crippen LogP contribution in [0.25, 0.3) is 0 Å². The van der Waals surface area contributed by atoms with E-state index < -0.39 is 0 Å². The van der Waals surface area contributed by atoms with E-state index in [0.29, 0.717) is 17.6 Å². The molecule has 0 atom stereocenters. The fourth-order valence-electron chi connectivity index (χ4n) is 1.10. The molecule has 0 saturated carbocycles. The maximum atomic E-state index is 5.93. The lowest BCUT2D eigenvalue weighted by atomic mass is 10.2. The van der Waals surface area contributed by atoms with E-state index in [-0.39, 0.29) is 0 Å². The maximum absolute atomic E-state index is 5.93. The molecule has 0 spiro atoms. The van der Waals surface area contributed by atoms with Crippen molar-refractivity contribution in [1.82, 2.24) is 9.97 Å². The van der Waals surface area contributed by atoms with Gasteiger partial charge in [0.05, 0.1) is 5.56 Å². The Bertz CT molecular complexity index is 315. The molecule has 0 aromatic carbocycles. The van der Waals surface area contributed by atoms with E-state index in [0.717, 1.165) is 18.4 Å². The van der Waals surface area contributed by atoms with Gasteiger partial charge in [0.1, 0.15) is 18.1 Å². The number of nitrogens with zero attached hydrogens (tertiary/aromatic N) is 2. The Kier molecular flexibility index (Phi) is 4.40. The summed E-state index contributed by atoms with van der Waals surface area (Å²) in [6, 6.07) is 0. The molecule has 0 radical (unpaired) electrons. The van der Waals surface area contributed by atoms with Crippen LogP contribution in [-0.4, -0.2) is 16.6 Å². The van der Waals surface area contributed by atoms with Gasteiger partial charge in [-0.25, -0.2) is 9.97 Å². The first-order valence-electron chi connectivity index (χ1n) is 4.52. The van der Waals surface area contributed by atoms with Gasteiger partial charge in [-0.15, -0.1) is 0 Å². The largest absolute Gasteiger partial charge is 0.473 e. The Morgan fingerprint density at radius 2 is 2.36 bits per heavy atom. The van der Waals surface area contributed by atoms with Gasteiger partial charge in [0.25, 0.3) is 0 Å². The van der Waals surface area contributed by atoms with Gasteiger partial charge >= 0.3 is 0 Å². The number of rotatable bonds is 5. The van der Waals surface area contributed by atoms with E-state index in [1.165, 1.54) is 6.33 Å². The fraction of sp³-hybridized carbons (Fsp3) is 0.400. The molecule has 1 aromatic rings. The summed E-state index contributed by atoms with van der Waals surface area (Å²) >= 11 is 5.93. The second-order valence-corrected chi connectivity index (χ2v) is 3.16. The lowest BCUT2D eigenvalue weighted by molar-refractivity contribution is 0.343. The van der Waals surface area contributed by atoms with E-state index in [9.17, 15) is 0 Å². The first kappa shape index (κ1) is 11.0. The Labute approximate surface area is 88.8 Å². The average Bonchev–Trinajstić information content (AvgIpc) is 2.19. The third-order valence-corrected chi connectivity index (χ3v) is 2.02. The minimum absolute atomic E-state index is 0.435. The van der Waals surface area contributed by atoms with Crippen molar-refractivity contribution in [3.05, 3.63) is 29.7 Å². The summed E-state index contributed by atoms with van der Waals surface area (Å²) in [4.78, 5) is 7.95. The van der Waals surface area contributed by atoms with E-state index in [1.54, 1.807) is 6.08 Å². The number of hydrogen-bond donors (Lipinski definition) is 0. The zero-order valence-corrected chi connectivity index (χ0v) is 8.92. The molecule has 0 aliphatic heterocycles. The molecule has 1 aromatic heterocycles. The molecule has 0 bridgehead atoms. The second-order valence-electron chi connectivity index (χ2n) is 2.80. The summed E-state index contributed by atoms with van der Waals surface area (Å²) in [7, 11) is 0. The van der Waals surface area contributed by atoms with Crippen LogP contribution >= 0.6 is 11.6 Å². The van der Waals surface area contributed by atoms with Crippen molar-refractivity contribution in [2.45, 2.75) is 19.8 Å². The van der Waals surface area contributed by atoms with Gasteiger partial charge in [-0.05, 0) is 6.42 Å². The zero-order valence-electron chi connectivity index (χ0n) is 8.16. The molecule has 0 aliphatic carbocycles. The highest BCUT2D eigenvalue weighted by molar-refractivity contribution is 6.30. The molecular weight excluding hydrogens is 200 g/mol. The monoisotopic (exact) mass is 212 g/mol. The Morgan fingerprint density at radius 1 is 1.57 bits per heavy atom. The minimum Gasteiger partial charge on any atom is -0.473 e. The smallest absolute Gasteiger partial charge is 0.221 e. The average molecular weight is 213 g/mol. The first-order chi connectivity index (χ1) is 6.79. The van der Waals surface area contributed by atoms with E-state index in [2.05, 4.69) is 23.5 Å². The quantitative estimate of drug-likeness (QED) is 0.556. The standard InChI is InChI=1S/C10H13ClN2O/c1-3-5-8-9(11)12-7-13-10(8)14-6-4-2/h4,7H,2-3,5-6H2,1H3. The third kappa shape index (κ3) is 2.70. The van der Waals surface area contributed by atoms with Gasteiger partial charge in [0.2, 0.25) is 5.88 Å². The van der Waals surface area contributed by atoms with E-state index >= 15 is 0 Å². The molecule has 76 valence electrons. The third-order valence-electron chi connectivity index (χ3n) is 1.69. The van der Waals surface area contributed by atoms with Crippen LogP contribution in [0.1, 0.15) is 18.9 Å².